The van der Waals surface area contributed by atoms with Crippen LogP contribution in [0.25, 0.3) is 11.4 Å². The molecule has 8 rings (SSSR count). The molecule has 0 aliphatic carbocycles. The average molecular weight is 789 g/mol. The van der Waals surface area contributed by atoms with Gasteiger partial charge in [-0.25, -0.2) is 0 Å². The van der Waals surface area contributed by atoms with Gasteiger partial charge in [-0.15, -0.1) is 0 Å². The van der Waals surface area contributed by atoms with Crippen LogP contribution in [-0.4, -0.2) is 49.0 Å². The summed E-state index contributed by atoms with van der Waals surface area (Å²) in [6, 6.07) is 25.1. The van der Waals surface area contributed by atoms with Gasteiger partial charge < -0.3 is 29.0 Å². The van der Waals surface area contributed by atoms with Gasteiger partial charge in [0.1, 0.15) is 12.3 Å². The number of pyridine rings is 1. The van der Waals surface area contributed by atoms with Gasteiger partial charge in [0.05, 0.1) is 37.4 Å². The molecule has 1 saturated heterocycles. The predicted octanol–water partition coefficient (Wildman–Crippen LogP) is 4.05. The number of fused-ring (bicyclic) bond motifs is 4. The van der Waals surface area contributed by atoms with E-state index in [2.05, 4.69) is 9.97 Å². The Morgan fingerprint density at radius 1 is 0.857 bits per heavy atom. The Balaban J connectivity index is 1.32. The highest BCUT2D eigenvalue weighted by atomic mass is 32.1. The molecule has 0 saturated carbocycles. The molecule has 3 aromatic heterocycles. The summed E-state index contributed by atoms with van der Waals surface area (Å²) < 4.78 is 10.1. The summed E-state index contributed by atoms with van der Waals surface area (Å²) in [5.74, 6) is -1.54. The Kier molecular flexibility index (Phi) is 9.73. The van der Waals surface area contributed by atoms with Crippen LogP contribution in [0, 0.1) is 29.3 Å². The maximum atomic E-state index is 14.8. The summed E-state index contributed by atoms with van der Waals surface area (Å²) >= 11 is 11.1. The Labute approximate surface area is 331 Å². The van der Waals surface area contributed by atoms with Gasteiger partial charge in [0.2, 0.25) is 5.88 Å². The highest BCUT2D eigenvalue weighted by Crippen LogP contribution is 2.39. The van der Waals surface area contributed by atoms with Crippen LogP contribution in [0.2, 0.25) is 0 Å². The van der Waals surface area contributed by atoms with Crippen LogP contribution in [0.15, 0.2) is 99.3 Å². The van der Waals surface area contributed by atoms with Crippen LogP contribution >= 0.6 is 24.4 Å². The van der Waals surface area contributed by atoms with Crippen molar-refractivity contribution < 1.29 is 19.8 Å². The van der Waals surface area contributed by atoms with Crippen molar-refractivity contribution in [2.24, 2.45) is 5.92 Å². The largest absolute Gasteiger partial charge is 0.859 e. The van der Waals surface area contributed by atoms with E-state index < -0.39 is 28.8 Å². The lowest BCUT2D eigenvalue weighted by atomic mass is 9.82. The molecule has 4 N–H and O–H groups in total. The fraction of sp³-hybridized carbons (Fsp3) is 0.262. The maximum Gasteiger partial charge on any atom is 0.259 e. The minimum atomic E-state index is -1.38. The van der Waals surface area contributed by atoms with Crippen LogP contribution in [0.3, 0.4) is 0 Å². The molecule has 2 bridgehead atoms. The van der Waals surface area contributed by atoms with E-state index >= 15 is 0 Å². The molecule has 2 aliphatic heterocycles. The number of aryl methyl sites for hydroxylation is 2. The molecule has 0 amide bonds. The summed E-state index contributed by atoms with van der Waals surface area (Å²) in [5.41, 5.74) is 2.80. The second-order valence-corrected chi connectivity index (χ2v) is 15.6. The molecule has 14 heteroatoms. The smallest absolute Gasteiger partial charge is 0.259 e. The van der Waals surface area contributed by atoms with Crippen LogP contribution < -0.4 is 31.4 Å². The molecule has 0 radical (unpaired) electrons. The first kappa shape index (κ1) is 37.1. The number of methoxy groups -OCH3 is 1. The molecule has 3 aromatic carbocycles. The quantitative estimate of drug-likeness (QED) is 0.169. The summed E-state index contributed by atoms with van der Waals surface area (Å²) in [6.07, 6.45) is 1.00. The number of quaternary nitrogens is 1. The van der Waals surface area contributed by atoms with Crippen LogP contribution in [0.5, 0.6) is 17.5 Å². The number of aromatic amines is 2. The summed E-state index contributed by atoms with van der Waals surface area (Å²) in [5, 5.41) is 26.9. The van der Waals surface area contributed by atoms with E-state index in [0.717, 1.165) is 41.9 Å². The Morgan fingerprint density at radius 2 is 1.50 bits per heavy atom. The number of benzene rings is 3. The molecule has 2 aliphatic rings. The van der Waals surface area contributed by atoms with E-state index in [9.17, 15) is 24.6 Å². The Morgan fingerprint density at radius 3 is 2.18 bits per heavy atom. The van der Waals surface area contributed by atoms with Gasteiger partial charge in [0, 0.05) is 47.0 Å². The molecule has 0 spiro atoms. The van der Waals surface area contributed by atoms with Gasteiger partial charge in [0.15, 0.2) is 9.54 Å². The number of hydrogen-bond acceptors (Lipinski definition) is 8. The van der Waals surface area contributed by atoms with Crippen molar-refractivity contribution in [1.82, 2.24) is 23.7 Å². The summed E-state index contributed by atoms with van der Waals surface area (Å²) in [6.45, 7) is 6.56. The van der Waals surface area contributed by atoms with Gasteiger partial charge in [-0.05, 0) is 110 Å². The maximum absolute atomic E-state index is 14.8. The number of nitrogens with one attached hydrogen (secondary N) is 3. The van der Waals surface area contributed by atoms with Crippen LogP contribution in [-0.2, 0) is 13.1 Å². The number of nitrogens with zero attached hydrogens (tertiary/aromatic N) is 3. The van der Waals surface area contributed by atoms with Crippen molar-refractivity contribution in [3.8, 4) is 28.9 Å². The number of likely N-dealkylation sites (tertiary alicyclic amines) is 1. The van der Waals surface area contributed by atoms with Crippen molar-refractivity contribution in [3.05, 3.63) is 165 Å². The van der Waals surface area contributed by atoms with Gasteiger partial charge >= 0.3 is 0 Å². The van der Waals surface area contributed by atoms with Crippen LogP contribution in [0.1, 0.15) is 57.3 Å². The molecule has 4 atom stereocenters. The molecular weight excluding hydrogens is 749 g/mol. The molecule has 6 aromatic rings. The van der Waals surface area contributed by atoms with Crippen molar-refractivity contribution in [2.45, 2.75) is 45.2 Å². The van der Waals surface area contributed by atoms with E-state index in [0.29, 0.717) is 41.7 Å². The lowest BCUT2D eigenvalue weighted by molar-refractivity contribution is -0.924. The topological polar surface area (TPSA) is 155 Å². The predicted molar refractivity (Wildman–Crippen MR) is 215 cm³/mol. The summed E-state index contributed by atoms with van der Waals surface area (Å²) in [7, 11) is 1.58. The van der Waals surface area contributed by atoms with E-state index in [1.165, 1.54) is 14.0 Å². The number of rotatable bonds is 8. The zero-order valence-electron chi connectivity index (χ0n) is 31.0. The second kappa shape index (κ2) is 14.7. The molecular formula is C42H40N6O6S2. The number of hydrogen-bond donors (Lipinski definition) is 4. The van der Waals surface area contributed by atoms with E-state index in [1.54, 1.807) is 61.7 Å². The fourth-order valence-corrected chi connectivity index (χ4v) is 9.28. The number of aromatic hydroxyl groups is 1. The van der Waals surface area contributed by atoms with Crippen LogP contribution in [0.4, 0.5) is 0 Å². The third-order valence-corrected chi connectivity index (χ3v) is 11.6. The zero-order valence-corrected chi connectivity index (χ0v) is 32.6. The normalized spacial score (nSPS) is 17.9. The lowest BCUT2D eigenvalue weighted by Crippen LogP contribution is -3.13. The van der Waals surface area contributed by atoms with Gasteiger partial charge in [-0.3, -0.25) is 28.9 Å². The average Bonchev–Trinajstić information content (AvgIpc) is 3.14. The Hall–Kier alpha value is -5.83. The second-order valence-electron chi connectivity index (χ2n) is 14.9. The SMILES string of the molecule is COc1ccc(C(c2c([O-])n(-c3cccc(C)c3)c(=S)[nH]c2=O)c2c(O)n(-c3cccc(C)c3)c(=S)[nH]c2=O)cc1C[NH+]1C[C@@H]2C[C@H](C1)c1cccc(=O)n1C2. The standard InChI is InChI=1S/C42H40N6O6S2/c1-23-7-4-9-29(15-23)47-39(52)35(37(50)43-41(47)55)34(36-38(51)44-42(56)48(40(36)53)30-10-5-8-24(2)16-30)26-13-14-32(54-3)28(18-26)22-45-19-25-17-27(21-45)31-11-6-12-33(49)46(31)20-25/h4-16,18,25,27,34,52-53H,17,19-22H2,1-3H3,(H,43,50,55)(H,44,51,56)/t25-,27+/m0/s1. The molecule has 5 heterocycles. The van der Waals surface area contributed by atoms with Crippen molar-refractivity contribution in [2.75, 3.05) is 20.2 Å². The molecule has 1 fully saturated rings. The third-order valence-electron chi connectivity index (χ3n) is 11.1. The highest BCUT2D eigenvalue weighted by Gasteiger charge is 2.38. The van der Waals surface area contributed by atoms with E-state index in [1.807, 2.05) is 48.7 Å². The van der Waals surface area contributed by atoms with E-state index in [4.69, 9.17) is 29.2 Å². The minimum absolute atomic E-state index is 0.0209. The van der Waals surface area contributed by atoms with E-state index in [-0.39, 0.29) is 32.1 Å². The molecule has 12 nitrogen and oxygen atoms in total. The first-order valence-corrected chi connectivity index (χ1v) is 19.2. The first-order chi connectivity index (χ1) is 26.9. The lowest BCUT2D eigenvalue weighted by Gasteiger charge is -2.40. The highest BCUT2D eigenvalue weighted by molar-refractivity contribution is 7.71. The third kappa shape index (κ3) is 6.63. The minimum Gasteiger partial charge on any atom is -0.859 e. The van der Waals surface area contributed by atoms with Crippen molar-refractivity contribution in [3.63, 3.8) is 0 Å². The van der Waals surface area contributed by atoms with Crippen molar-refractivity contribution in [1.29, 1.82) is 0 Å². The number of ether oxygens (including phenoxy) is 1. The van der Waals surface area contributed by atoms with Gasteiger partial charge in [0.25, 0.3) is 16.7 Å². The zero-order chi connectivity index (χ0) is 39.4. The monoisotopic (exact) mass is 788 g/mol. The van der Waals surface area contributed by atoms with Crippen molar-refractivity contribution >= 4 is 24.4 Å². The molecule has 286 valence electrons. The molecule has 56 heavy (non-hydrogen) atoms. The number of piperidine rings is 1. The fourth-order valence-electron chi connectivity index (χ4n) is 8.72. The Bertz CT molecular complexity index is 2710. The number of H-pyrrole nitrogens is 2. The summed E-state index contributed by atoms with van der Waals surface area (Å²) in [4.78, 5) is 47.6. The molecule has 2 unspecified atom stereocenters. The van der Waals surface area contributed by atoms with Gasteiger partial charge in [-0.2, -0.15) is 0 Å². The first-order valence-electron chi connectivity index (χ1n) is 18.4. The number of aromatic nitrogens is 5. The van der Waals surface area contributed by atoms with Gasteiger partial charge in [-0.1, -0.05) is 36.4 Å².